The Morgan fingerprint density at radius 1 is 1.41 bits per heavy atom. The fraction of sp³-hybridized carbons (Fsp3) is 0.417. The highest BCUT2D eigenvalue weighted by Gasteiger charge is 2.27. The minimum absolute atomic E-state index is 0.00624. The summed E-state index contributed by atoms with van der Waals surface area (Å²) in [5.41, 5.74) is 0.712. The van der Waals surface area contributed by atoms with Crippen molar-refractivity contribution in [3.05, 3.63) is 31.8 Å². The third-order valence-corrected chi connectivity index (χ3v) is 5.38. The molecule has 0 radical (unpaired) electrons. The highest BCUT2D eigenvalue weighted by Crippen LogP contribution is 2.26. The van der Waals surface area contributed by atoms with Crippen LogP contribution in [0.15, 0.2) is 22.7 Å². The lowest BCUT2D eigenvalue weighted by Gasteiger charge is -2.16. The molecule has 1 aliphatic rings. The summed E-state index contributed by atoms with van der Waals surface area (Å²) in [6.07, 6.45) is 3.37. The van der Waals surface area contributed by atoms with Crippen molar-refractivity contribution < 1.29 is 4.79 Å². The van der Waals surface area contributed by atoms with Crippen molar-refractivity contribution in [2.75, 3.05) is 0 Å². The van der Waals surface area contributed by atoms with Crippen LogP contribution < -0.4 is 5.32 Å². The molecule has 2 unspecified atom stereocenters. The summed E-state index contributed by atoms with van der Waals surface area (Å²) >= 11 is 9.24. The van der Waals surface area contributed by atoms with Crippen molar-refractivity contribution in [3.8, 4) is 0 Å². The van der Waals surface area contributed by atoms with Crippen LogP contribution in [0.2, 0.25) is 0 Å². The Morgan fingerprint density at radius 2 is 2.18 bits per heavy atom. The Labute approximate surface area is 131 Å². The first-order valence-corrected chi connectivity index (χ1v) is 8.26. The number of nitrogens with one attached hydrogen (secondary N) is 1. The van der Waals surface area contributed by atoms with Gasteiger partial charge in [-0.25, -0.2) is 0 Å². The average molecular weight is 473 g/mol. The van der Waals surface area contributed by atoms with Crippen molar-refractivity contribution in [1.82, 2.24) is 5.32 Å². The average Bonchev–Trinajstić information content (AvgIpc) is 2.68. The molecule has 17 heavy (non-hydrogen) atoms. The van der Waals surface area contributed by atoms with Gasteiger partial charge in [0, 0.05) is 18.9 Å². The van der Waals surface area contributed by atoms with E-state index in [1.165, 1.54) is 6.42 Å². The molecular formula is C12H12Br2INO. The zero-order chi connectivity index (χ0) is 12.4. The van der Waals surface area contributed by atoms with E-state index in [4.69, 9.17) is 0 Å². The van der Waals surface area contributed by atoms with E-state index in [1.807, 2.05) is 18.2 Å². The van der Waals surface area contributed by atoms with E-state index in [9.17, 15) is 4.79 Å². The number of carbonyl (C=O) groups is 1. The maximum atomic E-state index is 12.2. The van der Waals surface area contributed by atoms with E-state index in [2.05, 4.69) is 59.8 Å². The van der Waals surface area contributed by atoms with Gasteiger partial charge in [0.1, 0.15) is 0 Å². The Bertz CT molecular complexity index is 439. The first-order valence-electron chi connectivity index (χ1n) is 5.48. The van der Waals surface area contributed by atoms with Crippen LogP contribution in [0.4, 0.5) is 0 Å². The summed E-state index contributed by atoms with van der Waals surface area (Å²) in [6, 6.07) is 6.05. The molecule has 1 fully saturated rings. The smallest absolute Gasteiger partial charge is 0.252 e. The third kappa shape index (κ3) is 3.44. The molecular weight excluding hydrogens is 461 g/mol. The van der Waals surface area contributed by atoms with Crippen molar-refractivity contribution >= 4 is 60.4 Å². The summed E-state index contributed by atoms with van der Waals surface area (Å²) in [5, 5.41) is 3.09. The Balaban J connectivity index is 2.11. The van der Waals surface area contributed by atoms with E-state index < -0.39 is 0 Å². The second kappa shape index (κ2) is 6.02. The number of carbonyl (C=O) groups excluding carboxylic acids is 1. The van der Waals surface area contributed by atoms with Crippen LogP contribution in [0.1, 0.15) is 29.6 Å². The van der Waals surface area contributed by atoms with Crippen LogP contribution in [0.3, 0.4) is 0 Å². The van der Waals surface area contributed by atoms with Gasteiger partial charge in [-0.1, -0.05) is 22.4 Å². The summed E-state index contributed by atoms with van der Waals surface area (Å²) in [4.78, 5) is 12.6. The lowest BCUT2D eigenvalue weighted by atomic mass is 10.2. The van der Waals surface area contributed by atoms with Crippen LogP contribution >= 0.6 is 54.5 Å². The molecule has 2 atom stereocenters. The molecule has 0 aromatic heterocycles. The molecule has 1 aliphatic carbocycles. The molecule has 1 aromatic rings. The van der Waals surface area contributed by atoms with Gasteiger partial charge < -0.3 is 5.32 Å². The molecule has 0 spiro atoms. The molecule has 1 amide bonds. The molecule has 92 valence electrons. The summed E-state index contributed by atoms with van der Waals surface area (Å²) < 4.78 is 1.91. The van der Waals surface area contributed by atoms with Crippen molar-refractivity contribution in [2.45, 2.75) is 30.1 Å². The second-order valence-electron chi connectivity index (χ2n) is 4.15. The van der Waals surface area contributed by atoms with Crippen LogP contribution in [-0.2, 0) is 0 Å². The molecule has 0 saturated heterocycles. The van der Waals surface area contributed by atoms with Gasteiger partial charge in [-0.05, 0) is 69.6 Å². The van der Waals surface area contributed by atoms with Crippen molar-refractivity contribution in [2.24, 2.45) is 0 Å². The summed E-state index contributed by atoms with van der Waals surface area (Å²) in [5.74, 6) is 0.00624. The number of halogens is 3. The standard InChI is InChI=1S/C12H12Br2INO/c13-9-5-4-7(15)6-8(9)12(17)16-11-3-1-2-10(11)14/h4-6,10-11H,1-3H2,(H,16,17). The zero-order valence-corrected chi connectivity index (χ0v) is 14.4. The Hall–Kier alpha value is 0.380. The van der Waals surface area contributed by atoms with Gasteiger partial charge in [-0.3, -0.25) is 4.79 Å². The molecule has 2 nitrogen and oxygen atoms in total. The molecule has 0 heterocycles. The maximum Gasteiger partial charge on any atom is 0.252 e. The molecule has 1 aromatic carbocycles. The van der Waals surface area contributed by atoms with E-state index in [0.29, 0.717) is 10.4 Å². The fourth-order valence-electron chi connectivity index (χ4n) is 2.00. The summed E-state index contributed by atoms with van der Waals surface area (Å²) in [6.45, 7) is 0. The number of hydrogen-bond acceptors (Lipinski definition) is 1. The fourth-order valence-corrected chi connectivity index (χ4v) is 3.63. The predicted molar refractivity (Wildman–Crippen MR) is 84.7 cm³/mol. The molecule has 1 saturated carbocycles. The first-order chi connectivity index (χ1) is 8.08. The SMILES string of the molecule is O=C(NC1CCCC1Br)c1cc(I)ccc1Br. The monoisotopic (exact) mass is 471 g/mol. The van der Waals surface area contributed by atoms with Crippen LogP contribution in [-0.4, -0.2) is 16.8 Å². The Morgan fingerprint density at radius 3 is 2.82 bits per heavy atom. The minimum atomic E-state index is 0.00624. The number of alkyl halides is 1. The van der Waals surface area contributed by atoms with Gasteiger partial charge in [0.15, 0.2) is 0 Å². The lowest BCUT2D eigenvalue weighted by molar-refractivity contribution is 0.0938. The molecule has 1 N–H and O–H groups in total. The van der Waals surface area contributed by atoms with Gasteiger partial charge >= 0.3 is 0 Å². The van der Waals surface area contributed by atoms with E-state index in [1.54, 1.807) is 0 Å². The zero-order valence-electron chi connectivity index (χ0n) is 9.05. The number of hydrogen-bond donors (Lipinski definition) is 1. The van der Waals surface area contributed by atoms with E-state index in [-0.39, 0.29) is 11.9 Å². The Kier molecular flexibility index (Phi) is 4.88. The molecule has 0 aliphatic heterocycles. The quantitative estimate of drug-likeness (QED) is 0.509. The normalized spacial score (nSPS) is 23.7. The highest BCUT2D eigenvalue weighted by atomic mass is 127. The van der Waals surface area contributed by atoms with Crippen molar-refractivity contribution in [1.29, 1.82) is 0 Å². The van der Waals surface area contributed by atoms with E-state index in [0.717, 1.165) is 20.9 Å². The van der Waals surface area contributed by atoms with Crippen LogP contribution in [0, 0.1) is 3.57 Å². The minimum Gasteiger partial charge on any atom is -0.348 e. The van der Waals surface area contributed by atoms with Gasteiger partial charge in [-0.15, -0.1) is 0 Å². The maximum absolute atomic E-state index is 12.2. The summed E-state index contributed by atoms with van der Waals surface area (Å²) in [7, 11) is 0. The van der Waals surface area contributed by atoms with Crippen molar-refractivity contribution in [3.63, 3.8) is 0 Å². The topological polar surface area (TPSA) is 29.1 Å². The van der Waals surface area contributed by atoms with Gasteiger partial charge in [0.05, 0.1) is 5.56 Å². The number of benzene rings is 1. The van der Waals surface area contributed by atoms with Gasteiger partial charge in [0.25, 0.3) is 5.91 Å². The van der Waals surface area contributed by atoms with Crippen LogP contribution in [0.25, 0.3) is 0 Å². The molecule has 2 rings (SSSR count). The first kappa shape index (κ1) is 13.8. The molecule has 0 bridgehead atoms. The highest BCUT2D eigenvalue weighted by molar-refractivity contribution is 14.1. The lowest BCUT2D eigenvalue weighted by Crippen LogP contribution is -2.37. The number of amides is 1. The third-order valence-electron chi connectivity index (χ3n) is 2.92. The van der Waals surface area contributed by atoms with Crippen LogP contribution in [0.5, 0.6) is 0 Å². The number of rotatable bonds is 2. The predicted octanol–water partition coefficient (Wildman–Crippen LogP) is 4.10. The second-order valence-corrected chi connectivity index (χ2v) is 7.43. The van der Waals surface area contributed by atoms with E-state index >= 15 is 0 Å². The largest absolute Gasteiger partial charge is 0.348 e. The van der Waals surface area contributed by atoms with Gasteiger partial charge in [-0.2, -0.15) is 0 Å². The van der Waals surface area contributed by atoms with Gasteiger partial charge in [0.2, 0.25) is 0 Å². The molecule has 5 heteroatoms.